The predicted octanol–water partition coefficient (Wildman–Crippen LogP) is 2.61. The summed E-state index contributed by atoms with van der Waals surface area (Å²) in [6.07, 6.45) is 0. The third kappa shape index (κ3) is 3.94. The Morgan fingerprint density at radius 2 is 2.14 bits per heavy atom. The van der Waals surface area contributed by atoms with Crippen molar-refractivity contribution in [3.63, 3.8) is 0 Å². The Morgan fingerprint density at radius 1 is 1.33 bits per heavy atom. The molecule has 1 amide bonds. The molecule has 0 unspecified atom stereocenters. The standard InChI is InChI=1S/C17H18N2OS/c1-12-5-6-16(14(8-12)4-3-7-18)17(20)19-9-15-11-21-10-13(15)2/h5-6,8,10-11H,7,9,18H2,1-2H3,(H,19,20). The van der Waals surface area contributed by atoms with E-state index in [2.05, 4.69) is 27.9 Å². The van der Waals surface area contributed by atoms with Gasteiger partial charge in [-0.25, -0.2) is 0 Å². The first-order chi connectivity index (χ1) is 10.1. The van der Waals surface area contributed by atoms with E-state index in [1.165, 1.54) is 5.56 Å². The number of carbonyl (C=O) groups is 1. The minimum absolute atomic E-state index is 0.109. The highest BCUT2D eigenvalue weighted by molar-refractivity contribution is 7.08. The maximum Gasteiger partial charge on any atom is 0.252 e. The van der Waals surface area contributed by atoms with E-state index in [0.717, 1.165) is 16.7 Å². The maximum atomic E-state index is 12.3. The fourth-order valence-corrected chi connectivity index (χ4v) is 2.80. The monoisotopic (exact) mass is 298 g/mol. The number of hydrogen-bond acceptors (Lipinski definition) is 3. The van der Waals surface area contributed by atoms with Crippen LogP contribution in [0, 0.1) is 25.7 Å². The molecular formula is C17H18N2OS. The first-order valence-electron chi connectivity index (χ1n) is 6.71. The Kier molecular flexibility index (Phi) is 5.15. The molecule has 0 saturated heterocycles. The van der Waals surface area contributed by atoms with Gasteiger partial charge in [-0.3, -0.25) is 4.79 Å². The molecule has 1 aromatic carbocycles. The second-order valence-corrected chi connectivity index (χ2v) is 5.56. The van der Waals surface area contributed by atoms with Crippen molar-refractivity contribution in [2.45, 2.75) is 20.4 Å². The summed E-state index contributed by atoms with van der Waals surface area (Å²) in [4.78, 5) is 12.3. The van der Waals surface area contributed by atoms with Crippen LogP contribution in [0.1, 0.15) is 32.6 Å². The lowest BCUT2D eigenvalue weighted by molar-refractivity contribution is 0.0950. The van der Waals surface area contributed by atoms with Gasteiger partial charge in [0.15, 0.2) is 0 Å². The molecule has 0 aliphatic heterocycles. The molecule has 0 fully saturated rings. The Labute approximate surface area is 129 Å². The molecule has 2 aromatic rings. The van der Waals surface area contributed by atoms with E-state index in [9.17, 15) is 4.79 Å². The largest absolute Gasteiger partial charge is 0.348 e. The molecule has 0 atom stereocenters. The summed E-state index contributed by atoms with van der Waals surface area (Å²) in [6.45, 7) is 4.83. The van der Waals surface area contributed by atoms with Gasteiger partial charge in [-0.05, 0) is 53.4 Å². The Balaban J connectivity index is 2.17. The van der Waals surface area contributed by atoms with Gasteiger partial charge in [0.05, 0.1) is 12.1 Å². The van der Waals surface area contributed by atoms with Gasteiger partial charge in [0.25, 0.3) is 5.91 Å². The number of aryl methyl sites for hydroxylation is 2. The summed E-state index contributed by atoms with van der Waals surface area (Å²) >= 11 is 1.64. The number of nitrogens with one attached hydrogen (secondary N) is 1. The average Bonchev–Trinajstić information content (AvgIpc) is 2.88. The van der Waals surface area contributed by atoms with E-state index < -0.39 is 0 Å². The van der Waals surface area contributed by atoms with Gasteiger partial charge in [0.1, 0.15) is 0 Å². The summed E-state index contributed by atoms with van der Waals surface area (Å²) in [5.74, 6) is 5.66. The molecule has 4 heteroatoms. The van der Waals surface area contributed by atoms with Crippen LogP contribution in [-0.2, 0) is 6.54 Å². The van der Waals surface area contributed by atoms with Crippen molar-refractivity contribution >= 4 is 17.2 Å². The molecule has 0 saturated carbocycles. The number of nitrogens with two attached hydrogens (primary N) is 1. The van der Waals surface area contributed by atoms with E-state index >= 15 is 0 Å². The van der Waals surface area contributed by atoms with Crippen LogP contribution in [0.5, 0.6) is 0 Å². The van der Waals surface area contributed by atoms with Crippen LogP contribution < -0.4 is 11.1 Å². The average molecular weight is 298 g/mol. The summed E-state index contributed by atoms with van der Waals surface area (Å²) in [5, 5.41) is 7.08. The number of thiophene rings is 1. The summed E-state index contributed by atoms with van der Waals surface area (Å²) < 4.78 is 0. The van der Waals surface area contributed by atoms with Gasteiger partial charge in [-0.2, -0.15) is 11.3 Å². The van der Waals surface area contributed by atoms with Gasteiger partial charge in [0, 0.05) is 12.1 Å². The normalized spacial score (nSPS) is 9.86. The molecule has 1 aromatic heterocycles. The molecule has 2 rings (SSSR count). The molecule has 0 aliphatic rings. The Morgan fingerprint density at radius 3 is 2.81 bits per heavy atom. The van der Waals surface area contributed by atoms with Crippen LogP contribution >= 0.6 is 11.3 Å². The highest BCUT2D eigenvalue weighted by Crippen LogP contribution is 2.14. The van der Waals surface area contributed by atoms with Crippen LogP contribution in [-0.4, -0.2) is 12.5 Å². The molecular weight excluding hydrogens is 280 g/mol. The zero-order valence-corrected chi connectivity index (χ0v) is 13.0. The zero-order valence-electron chi connectivity index (χ0n) is 12.2. The minimum Gasteiger partial charge on any atom is -0.348 e. The molecule has 3 N–H and O–H groups in total. The molecule has 0 bridgehead atoms. The Bertz CT molecular complexity index is 707. The third-order valence-electron chi connectivity index (χ3n) is 3.15. The lowest BCUT2D eigenvalue weighted by Crippen LogP contribution is -2.23. The maximum absolute atomic E-state index is 12.3. The lowest BCUT2D eigenvalue weighted by atomic mass is 10.0. The Hall–Kier alpha value is -2.09. The molecule has 3 nitrogen and oxygen atoms in total. The van der Waals surface area contributed by atoms with Gasteiger partial charge < -0.3 is 11.1 Å². The van der Waals surface area contributed by atoms with Crippen LogP contribution in [0.3, 0.4) is 0 Å². The van der Waals surface area contributed by atoms with Crippen LogP contribution in [0.25, 0.3) is 0 Å². The molecule has 0 radical (unpaired) electrons. The van der Waals surface area contributed by atoms with Crippen LogP contribution in [0.4, 0.5) is 0 Å². The first-order valence-corrected chi connectivity index (χ1v) is 7.65. The fraction of sp³-hybridized carbons (Fsp3) is 0.235. The lowest BCUT2D eigenvalue weighted by Gasteiger charge is -2.08. The number of hydrogen-bond donors (Lipinski definition) is 2. The third-order valence-corrected chi connectivity index (χ3v) is 4.06. The zero-order chi connectivity index (χ0) is 15.2. The number of amides is 1. The van der Waals surface area contributed by atoms with E-state index in [1.54, 1.807) is 11.3 Å². The summed E-state index contributed by atoms with van der Waals surface area (Å²) in [7, 11) is 0. The molecule has 108 valence electrons. The van der Waals surface area contributed by atoms with E-state index in [4.69, 9.17) is 5.73 Å². The van der Waals surface area contributed by atoms with Gasteiger partial charge in [-0.15, -0.1) is 0 Å². The van der Waals surface area contributed by atoms with Gasteiger partial charge >= 0.3 is 0 Å². The van der Waals surface area contributed by atoms with Crippen molar-refractivity contribution in [3.8, 4) is 11.8 Å². The first kappa shape index (κ1) is 15.3. The highest BCUT2D eigenvalue weighted by Gasteiger charge is 2.10. The van der Waals surface area contributed by atoms with Crippen LogP contribution in [0.15, 0.2) is 29.0 Å². The number of carbonyl (C=O) groups excluding carboxylic acids is 1. The second kappa shape index (κ2) is 7.07. The topological polar surface area (TPSA) is 55.1 Å². The molecule has 1 heterocycles. The smallest absolute Gasteiger partial charge is 0.252 e. The number of benzene rings is 1. The summed E-state index contributed by atoms with van der Waals surface area (Å²) in [5.41, 5.74) is 10.1. The van der Waals surface area contributed by atoms with Crippen molar-refractivity contribution in [1.29, 1.82) is 0 Å². The van der Waals surface area contributed by atoms with Crippen LogP contribution in [0.2, 0.25) is 0 Å². The van der Waals surface area contributed by atoms with Crippen molar-refractivity contribution in [1.82, 2.24) is 5.32 Å². The summed E-state index contributed by atoms with van der Waals surface area (Å²) in [6, 6.07) is 5.64. The number of rotatable bonds is 3. The van der Waals surface area contributed by atoms with Crippen molar-refractivity contribution < 1.29 is 4.79 Å². The molecule has 0 aliphatic carbocycles. The van der Waals surface area contributed by atoms with Gasteiger partial charge in [0.2, 0.25) is 0 Å². The quantitative estimate of drug-likeness (QED) is 0.856. The second-order valence-electron chi connectivity index (χ2n) is 4.82. The molecule has 21 heavy (non-hydrogen) atoms. The van der Waals surface area contributed by atoms with E-state index in [1.807, 2.05) is 32.0 Å². The van der Waals surface area contributed by atoms with Gasteiger partial charge in [-0.1, -0.05) is 17.9 Å². The van der Waals surface area contributed by atoms with Crippen molar-refractivity contribution in [3.05, 3.63) is 56.8 Å². The molecule has 0 spiro atoms. The minimum atomic E-state index is -0.109. The van der Waals surface area contributed by atoms with Crippen molar-refractivity contribution in [2.75, 3.05) is 6.54 Å². The van der Waals surface area contributed by atoms with Crippen molar-refractivity contribution in [2.24, 2.45) is 5.73 Å². The highest BCUT2D eigenvalue weighted by atomic mass is 32.1. The van der Waals surface area contributed by atoms with E-state index in [-0.39, 0.29) is 12.5 Å². The predicted molar refractivity (Wildman–Crippen MR) is 87.3 cm³/mol. The SMILES string of the molecule is Cc1ccc(C(=O)NCc2cscc2C)c(C#CCN)c1. The fourth-order valence-electron chi connectivity index (χ4n) is 1.94. The van der Waals surface area contributed by atoms with E-state index in [0.29, 0.717) is 12.1 Å².